The van der Waals surface area contributed by atoms with Gasteiger partial charge in [0.2, 0.25) is 5.75 Å². The molecule has 6 heteroatoms. The monoisotopic (exact) mass is 460 g/mol. The Labute approximate surface area is 200 Å². The summed E-state index contributed by atoms with van der Waals surface area (Å²) in [7, 11) is 4.74. The van der Waals surface area contributed by atoms with Gasteiger partial charge in [-0.2, -0.15) is 0 Å². The molecule has 0 unspecified atom stereocenters. The van der Waals surface area contributed by atoms with Crippen molar-refractivity contribution in [1.82, 2.24) is 4.98 Å². The average Bonchev–Trinajstić information content (AvgIpc) is 2.81. The van der Waals surface area contributed by atoms with Gasteiger partial charge in [-0.1, -0.05) is 39.0 Å². The number of para-hydroxylation sites is 1. The number of pyridine rings is 1. The number of fused-ring (bicyclic) bond motifs is 2. The van der Waals surface area contributed by atoms with Crippen LogP contribution in [0.3, 0.4) is 0 Å². The minimum atomic E-state index is -1.17. The second kappa shape index (κ2) is 9.01. The first-order chi connectivity index (χ1) is 16.2. The molecule has 0 bridgehead atoms. The molecular formula is C28H30NO5-. The van der Waals surface area contributed by atoms with Crippen molar-refractivity contribution in [1.29, 1.82) is 0 Å². The lowest BCUT2D eigenvalue weighted by atomic mass is 9.69. The zero-order valence-electron chi connectivity index (χ0n) is 20.5. The van der Waals surface area contributed by atoms with Gasteiger partial charge < -0.3 is 24.1 Å². The molecule has 0 N–H and O–H groups in total. The van der Waals surface area contributed by atoms with E-state index in [2.05, 4.69) is 20.8 Å². The highest BCUT2D eigenvalue weighted by atomic mass is 16.5. The summed E-state index contributed by atoms with van der Waals surface area (Å²) in [6.07, 6.45) is 3.44. The number of allylic oxidation sites excluding steroid dienone is 1. The van der Waals surface area contributed by atoms with Crippen molar-refractivity contribution in [2.24, 2.45) is 11.3 Å². The number of benzene rings is 2. The third-order valence-electron chi connectivity index (χ3n) is 6.67. The number of aromatic nitrogens is 1. The van der Waals surface area contributed by atoms with Gasteiger partial charge in [0.1, 0.15) is 0 Å². The molecule has 0 radical (unpaired) electrons. The SMILES string of the molecule is COc1cc(/C=C2\C[C@H](C(C)(C)C)Cc3c2nc2ccccc2c3C(=O)[O-])cc(OC)c1OC. The molecular weight excluding hydrogens is 430 g/mol. The third kappa shape index (κ3) is 4.20. The minimum Gasteiger partial charge on any atom is -0.545 e. The number of carboxylic acid groups (broad SMARTS) is 1. The van der Waals surface area contributed by atoms with Crippen LogP contribution in [0.2, 0.25) is 0 Å². The van der Waals surface area contributed by atoms with E-state index >= 15 is 0 Å². The summed E-state index contributed by atoms with van der Waals surface area (Å²) in [5.74, 6) is 0.691. The molecule has 34 heavy (non-hydrogen) atoms. The van der Waals surface area contributed by atoms with Gasteiger partial charge in [-0.25, -0.2) is 4.98 Å². The number of carbonyl (C=O) groups is 1. The van der Waals surface area contributed by atoms with Crippen molar-refractivity contribution in [2.75, 3.05) is 21.3 Å². The highest BCUT2D eigenvalue weighted by molar-refractivity contribution is 6.05. The fourth-order valence-corrected chi connectivity index (χ4v) is 4.76. The lowest BCUT2D eigenvalue weighted by Gasteiger charge is -2.37. The average molecular weight is 461 g/mol. The van der Waals surface area contributed by atoms with Crippen molar-refractivity contribution in [3.8, 4) is 17.2 Å². The summed E-state index contributed by atoms with van der Waals surface area (Å²) in [5, 5.41) is 13.0. The normalized spacial score (nSPS) is 16.9. The van der Waals surface area contributed by atoms with Crippen LogP contribution in [0.1, 0.15) is 54.4 Å². The summed E-state index contributed by atoms with van der Waals surface area (Å²) in [6.45, 7) is 6.56. The first kappa shape index (κ1) is 23.6. The standard InChI is InChI=1S/C28H31NO5/c1-28(2,3)18-14-17(11-16-12-22(32-4)26(34-6)23(13-16)33-5)25-20(15-18)24(27(30)31)19-9-7-8-10-21(19)29-25/h7-13,18H,14-15H2,1-6H3,(H,30,31)/p-1/b17-11+/t18-/m0/s1. The summed E-state index contributed by atoms with van der Waals surface area (Å²) in [4.78, 5) is 17.3. The van der Waals surface area contributed by atoms with Crippen molar-refractivity contribution in [3.05, 3.63) is 58.8 Å². The zero-order chi connectivity index (χ0) is 24.6. The molecule has 178 valence electrons. The van der Waals surface area contributed by atoms with Crippen LogP contribution in [0.15, 0.2) is 36.4 Å². The molecule has 1 aliphatic rings. The second-order valence-corrected chi connectivity index (χ2v) is 9.72. The van der Waals surface area contributed by atoms with Crippen LogP contribution in [0.4, 0.5) is 0 Å². The Bertz CT molecular complexity index is 1260. The number of methoxy groups -OCH3 is 3. The molecule has 0 spiro atoms. The van der Waals surface area contributed by atoms with E-state index in [1.807, 2.05) is 36.4 Å². The number of aromatic carboxylic acids is 1. The van der Waals surface area contributed by atoms with E-state index in [-0.39, 0.29) is 16.9 Å². The molecule has 2 aromatic carbocycles. The Morgan fingerprint density at radius 3 is 2.24 bits per heavy atom. The quantitative estimate of drug-likeness (QED) is 0.545. The van der Waals surface area contributed by atoms with E-state index in [1.54, 1.807) is 27.4 Å². The van der Waals surface area contributed by atoms with Crippen LogP contribution in [-0.2, 0) is 6.42 Å². The van der Waals surface area contributed by atoms with E-state index in [0.717, 1.165) is 23.1 Å². The van der Waals surface area contributed by atoms with E-state index in [1.165, 1.54) is 0 Å². The number of rotatable bonds is 5. The second-order valence-electron chi connectivity index (χ2n) is 9.72. The number of hydrogen-bond donors (Lipinski definition) is 0. The van der Waals surface area contributed by atoms with Gasteiger partial charge in [0.05, 0.1) is 38.5 Å². The molecule has 1 heterocycles. The Balaban J connectivity index is 1.99. The van der Waals surface area contributed by atoms with E-state index in [0.29, 0.717) is 40.3 Å². The molecule has 0 fully saturated rings. The largest absolute Gasteiger partial charge is 0.545 e. The smallest absolute Gasteiger partial charge is 0.203 e. The summed E-state index contributed by atoms with van der Waals surface area (Å²) >= 11 is 0. The molecule has 3 aromatic rings. The van der Waals surface area contributed by atoms with Crippen molar-refractivity contribution in [2.45, 2.75) is 33.6 Å². The molecule has 0 aliphatic heterocycles. The Kier molecular flexibility index (Phi) is 6.26. The molecule has 1 aromatic heterocycles. The van der Waals surface area contributed by atoms with Crippen LogP contribution >= 0.6 is 0 Å². The molecule has 1 aliphatic carbocycles. The molecule has 4 rings (SSSR count). The maximum Gasteiger partial charge on any atom is 0.203 e. The summed E-state index contributed by atoms with van der Waals surface area (Å²) in [5.41, 5.74) is 4.14. The van der Waals surface area contributed by atoms with Crippen LogP contribution in [-0.4, -0.2) is 32.3 Å². The Hall–Kier alpha value is -3.54. The molecule has 0 amide bonds. The summed E-state index contributed by atoms with van der Waals surface area (Å²) in [6, 6.07) is 11.1. The number of carbonyl (C=O) groups excluding carboxylic acids is 1. The fourth-order valence-electron chi connectivity index (χ4n) is 4.76. The third-order valence-corrected chi connectivity index (χ3v) is 6.67. The molecule has 0 saturated carbocycles. The minimum absolute atomic E-state index is 0.0269. The van der Waals surface area contributed by atoms with Gasteiger partial charge in [-0.15, -0.1) is 0 Å². The maximum absolute atomic E-state index is 12.3. The zero-order valence-corrected chi connectivity index (χ0v) is 20.5. The van der Waals surface area contributed by atoms with Gasteiger partial charge in [-0.3, -0.25) is 0 Å². The van der Waals surface area contributed by atoms with Gasteiger partial charge in [0.25, 0.3) is 0 Å². The number of nitrogens with zero attached hydrogens (tertiary/aromatic N) is 1. The lowest BCUT2D eigenvalue weighted by Crippen LogP contribution is -2.31. The molecule has 6 nitrogen and oxygen atoms in total. The first-order valence-corrected chi connectivity index (χ1v) is 11.3. The predicted molar refractivity (Wildman–Crippen MR) is 131 cm³/mol. The highest BCUT2D eigenvalue weighted by Gasteiger charge is 2.34. The predicted octanol–water partition coefficient (Wildman–Crippen LogP) is 4.77. The summed E-state index contributed by atoms with van der Waals surface area (Å²) < 4.78 is 16.5. The van der Waals surface area contributed by atoms with Gasteiger partial charge in [0.15, 0.2) is 11.5 Å². The van der Waals surface area contributed by atoms with Crippen LogP contribution in [0, 0.1) is 11.3 Å². The van der Waals surface area contributed by atoms with Crippen molar-refractivity contribution < 1.29 is 24.1 Å². The Morgan fingerprint density at radius 1 is 1.03 bits per heavy atom. The van der Waals surface area contributed by atoms with Crippen LogP contribution < -0.4 is 19.3 Å². The van der Waals surface area contributed by atoms with Gasteiger partial charge in [-0.05, 0) is 65.1 Å². The van der Waals surface area contributed by atoms with Crippen LogP contribution in [0.25, 0.3) is 22.6 Å². The van der Waals surface area contributed by atoms with Gasteiger partial charge in [0, 0.05) is 10.9 Å². The number of carboxylic acids is 1. The topological polar surface area (TPSA) is 80.7 Å². The van der Waals surface area contributed by atoms with E-state index < -0.39 is 5.97 Å². The first-order valence-electron chi connectivity index (χ1n) is 11.3. The van der Waals surface area contributed by atoms with Crippen LogP contribution in [0.5, 0.6) is 17.2 Å². The van der Waals surface area contributed by atoms with Crippen molar-refractivity contribution >= 4 is 28.5 Å². The van der Waals surface area contributed by atoms with E-state index in [9.17, 15) is 9.90 Å². The van der Waals surface area contributed by atoms with Crippen molar-refractivity contribution in [3.63, 3.8) is 0 Å². The number of ether oxygens (including phenoxy) is 3. The maximum atomic E-state index is 12.3. The lowest BCUT2D eigenvalue weighted by molar-refractivity contribution is -0.254. The number of hydrogen-bond acceptors (Lipinski definition) is 6. The highest BCUT2D eigenvalue weighted by Crippen LogP contribution is 2.45. The Morgan fingerprint density at radius 2 is 1.68 bits per heavy atom. The van der Waals surface area contributed by atoms with E-state index in [4.69, 9.17) is 19.2 Å². The fraction of sp³-hybridized carbons (Fsp3) is 0.357. The van der Waals surface area contributed by atoms with Gasteiger partial charge >= 0.3 is 0 Å². The molecule has 0 saturated heterocycles. The molecule has 1 atom stereocenters.